The second-order valence-electron chi connectivity index (χ2n) is 6.89. The number of imidazole rings is 1. The maximum atomic E-state index is 12.3. The van der Waals surface area contributed by atoms with Crippen molar-refractivity contribution in [1.29, 1.82) is 0 Å². The Balaban J connectivity index is 1.50. The second-order valence-corrected chi connectivity index (χ2v) is 6.89. The summed E-state index contributed by atoms with van der Waals surface area (Å²) in [5.41, 5.74) is 3.44. The molecule has 0 aliphatic carbocycles. The topological polar surface area (TPSA) is 95.1 Å². The van der Waals surface area contributed by atoms with Crippen LogP contribution in [0.5, 0.6) is 5.75 Å². The van der Waals surface area contributed by atoms with E-state index in [1.54, 1.807) is 21.5 Å². The number of pyridine rings is 1. The van der Waals surface area contributed by atoms with Gasteiger partial charge >= 0.3 is 12.3 Å². The van der Waals surface area contributed by atoms with Crippen LogP contribution in [0, 0.1) is 6.92 Å². The smallest absolute Gasteiger partial charge is 0.477 e. The summed E-state index contributed by atoms with van der Waals surface area (Å²) < 4.78 is 44.2. The summed E-state index contributed by atoms with van der Waals surface area (Å²) >= 11 is 0. The Morgan fingerprint density at radius 2 is 1.84 bits per heavy atom. The molecule has 0 unspecified atom stereocenters. The molecule has 32 heavy (non-hydrogen) atoms. The predicted octanol–water partition coefficient (Wildman–Crippen LogP) is 4.08. The highest BCUT2D eigenvalue weighted by atomic mass is 19.4. The lowest BCUT2D eigenvalue weighted by atomic mass is 10.2. The van der Waals surface area contributed by atoms with Gasteiger partial charge in [-0.2, -0.15) is 5.10 Å². The summed E-state index contributed by atoms with van der Waals surface area (Å²) in [6.45, 7) is 2.28. The number of rotatable bonds is 6. The fraction of sp³-hybridized carbons (Fsp3) is 0.143. The number of carboxylic acids is 1. The minimum Gasteiger partial charge on any atom is -0.477 e. The first-order valence-corrected chi connectivity index (χ1v) is 9.31. The van der Waals surface area contributed by atoms with Crippen molar-refractivity contribution in [3.8, 4) is 22.8 Å². The molecule has 0 amide bonds. The van der Waals surface area contributed by atoms with Gasteiger partial charge in [-0.3, -0.25) is 4.68 Å². The van der Waals surface area contributed by atoms with E-state index in [4.69, 9.17) is 5.11 Å². The number of carboxylic acid groups (broad SMARTS) is 1. The van der Waals surface area contributed by atoms with Gasteiger partial charge in [0.1, 0.15) is 22.8 Å². The van der Waals surface area contributed by atoms with Gasteiger partial charge in [-0.25, -0.2) is 14.8 Å². The quantitative estimate of drug-likeness (QED) is 0.483. The van der Waals surface area contributed by atoms with Crippen molar-refractivity contribution in [3.05, 3.63) is 78.1 Å². The van der Waals surface area contributed by atoms with Crippen LogP contribution < -0.4 is 4.74 Å². The molecule has 0 saturated carbocycles. The number of ether oxygens (including phenoxy) is 1. The van der Waals surface area contributed by atoms with Crippen molar-refractivity contribution >= 4 is 5.97 Å². The first-order valence-electron chi connectivity index (χ1n) is 9.31. The van der Waals surface area contributed by atoms with Crippen molar-refractivity contribution < 1.29 is 27.8 Å². The maximum Gasteiger partial charge on any atom is 0.573 e. The van der Waals surface area contributed by atoms with Gasteiger partial charge in [0.2, 0.25) is 0 Å². The molecule has 1 N–H and O–H groups in total. The summed E-state index contributed by atoms with van der Waals surface area (Å²) in [7, 11) is 0. The van der Waals surface area contributed by atoms with Crippen molar-refractivity contribution in [2.45, 2.75) is 19.8 Å². The largest absolute Gasteiger partial charge is 0.573 e. The van der Waals surface area contributed by atoms with E-state index in [-0.39, 0.29) is 11.4 Å². The molecular formula is C21H16F3N5O3. The zero-order valence-electron chi connectivity index (χ0n) is 16.6. The third-order valence-corrected chi connectivity index (χ3v) is 4.57. The SMILES string of the molecule is Cc1cc(-c2cn(-c3ccc(OC(F)(F)F)cc3)cn2)nn1Cc1ccc(C(=O)O)nc1. The van der Waals surface area contributed by atoms with Crippen LogP contribution in [0.25, 0.3) is 17.1 Å². The standard InChI is InChI=1S/C21H16F3N5O3/c1-13-8-18(27-29(13)10-14-2-7-17(20(30)31)25-9-14)19-11-28(12-26-19)15-3-5-16(6-4-15)32-21(22,23)24/h2-9,11-12H,10H2,1H3,(H,30,31). The third kappa shape index (κ3) is 4.77. The highest BCUT2D eigenvalue weighted by Crippen LogP contribution is 2.25. The number of aromatic carboxylic acids is 1. The average Bonchev–Trinajstić information content (AvgIpc) is 3.35. The zero-order chi connectivity index (χ0) is 22.9. The van der Waals surface area contributed by atoms with Crippen LogP contribution in [0.4, 0.5) is 13.2 Å². The van der Waals surface area contributed by atoms with Gasteiger partial charge in [-0.1, -0.05) is 6.07 Å². The maximum absolute atomic E-state index is 12.3. The van der Waals surface area contributed by atoms with Crippen LogP contribution in [-0.4, -0.2) is 41.8 Å². The number of aromatic nitrogens is 5. The van der Waals surface area contributed by atoms with E-state index in [1.807, 2.05) is 13.0 Å². The Morgan fingerprint density at radius 3 is 2.47 bits per heavy atom. The summed E-state index contributed by atoms with van der Waals surface area (Å²) in [5.74, 6) is -1.39. The molecule has 3 heterocycles. The second kappa shape index (κ2) is 8.17. The highest BCUT2D eigenvalue weighted by molar-refractivity contribution is 5.85. The third-order valence-electron chi connectivity index (χ3n) is 4.57. The molecule has 0 aliphatic heterocycles. The van der Waals surface area contributed by atoms with Gasteiger partial charge in [0.25, 0.3) is 0 Å². The van der Waals surface area contributed by atoms with Crippen LogP contribution in [0.1, 0.15) is 21.7 Å². The molecule has 4 aromatic rings. The first-order chi connectivity index (χ1) is 15.2. The number of halogens is 3. The van der Waals surface area contributed by atoms with E-state index in [9.17, 15) is 18.0 Å². The van der Waals surface area contributed by atoms with E-state index in [0.29, 0.717) is 23.6 Å². The molecule has 4 rings (SSSR count). The molecule has 8 nitrogen and oxygen atoms in total. The van der Waals surface area contributed by atoms with Crippen molar-refractivity contribution in [1.82, 2.24) is 24.3 Å². The summed E-state index contributed by atoms with van der Waals surface area (Å²) in [4.78, 5) is 19.2. The van der Waals surface area contributed by atoms with Gasteiger partial charge in [0.15, 0.2) is 0 Å². The predicted molar refractivity (Wildman–Crippen MR) is 107 cm³/mol. The molecule has 164 valence electrons. The van der Waals surface area contributed by atoms with E-state index >= 15 is 0 Å². The van der Waals surface area contributed by atoms with Crippen LogP contribution in [-0.2, 0) is 6.54 Å². The normalized spacial score (nSPS) is 11.5. The molecule has 0 bridgehead atoms. The van der Waals surface area contributed by atoms with Crippen LogP contribution >= 0.6 is 0 Å². The number of hydrogen-bond acceptors (Lipinski definition) is 5. The molecule has 11 heteroatoms. The van der Waals surface area contributed by atoms with Crippen LogP contribution in [0.2, 0.25) is 0 Å². The Bertz CT molecular complexity index is 1250. The van der Waals surface area contributed by atoms with E-state index in [2.05, 4.69) is 19.8 Å². The van der Waals surface area contributed by atoms with Gasteiger partial charge in [0.05, 0.1) is 12.9 Å². The van der Waals surface area contributed by atoms with Crippen molar-refractivity contribution in [2.24, 2.45) is 0 Å². The number of nitrogens with zero attached hydrogens (tertiary/aromatic N) is 5. The lowest BCUT2D eigenvalue weighted by Crippen LogP contribution is -2.17. The molecule has 0 spiro atoms. The minimum atomic E-state index is -4.74. The summed E-state index contributed by atoms with van der Waals surface area (Å²) in [6.07, 6.45) is 0.00662. The summed E-state index contributed by atoms with van der Waals surface area (Å²) in [6, 6.07) is 10.4. The lowest BCUT2D eigenvalue weighted by molar-refractivity contribution is -0.274. The monoisotopic (exact) mass is 443 g/mol. The molecule has 0 fully saturated rings. The summed E-state index contributed by atoms with van der Waals surface area (Å²) in [5, 5.41) is 13.5. The fourth-order valence-electron chi connectivity index (χ4n) is 3.03. The van der Waals surface area contributed by atoms with E-state index < -0.39 is 12.3 Å². The first kappa shape index (κ1) is 21.1. The number of carbonyl (C=O) groups is 1. The molecule has 1 aromatic carbocycles. The Kier molecular flexibility index (Phi) is 5.39. The number of aryl methyl sites for hydroxylation is 1. The van der Waals surface area contributed by atoms with Gasteiger partial charge in [-0.15, -0.1) is 13.2 Å². The molecular weight excluding hydrogens is 427 g/mol. The molecule has 0 aliphatic rings. The van der Waals surface area contributed by atoms with Gasteiger partial charge < -0.3 is 14.4 Å². The Labute approximate surface area is 179 Å². The fourth-order valence-corrected chi connectivity index (χ4v) is 3.03. The lowest BCUT2D eigenvalue weighted by Gasteiger charge is -2.09. The molecule has 3 aromatic heterocycles. The van der Waals surface area contributed by atoms with Crippen molar-refractivity contribution in [3.63, 3.8) is 0 Å². The Morgan fingerprint density at radius 1 is 1.09 bits per heavy atom. The van der Waals surface area contributed by atoms with Crippen LogP contribution in [0.15, 0.2) is 61.2 Å². The minimum absolute atomic E-state index is 0.0323. The van der Waals surface area contributed by atoms with E-state index in [1.165, 1.54) is 42.9 Å². The molecule has 0 radical (unpaired) electrons. The number of alkyl halides is 3. The zero-order valence-corrected chi connectivity index (χ0v) is 16.6. The number of benzene rings is 1. The molecule has 0 saturated heterocycles. The van der Waals surface area contributed by atoms with Crippen LogP contribution in [0.3, 0.4) is 0 Å². The van der Waals surface area contributed by atoms with E-state index in [0.717, 1.165) is 11.3 Å². The number of hydrogen-bond donors (Lipinski definition) is 1. The average molecular weight is 443 g/mol. The highest BCUT2D eigenvalue weighted by Gasteiger charge is 2.31. The van der Waals surface area contributed by atoms with Crippen molar-refractivity contribution in [2.75, 3.05) is 0 Å². The molecule has 0 atom stereocenters. The van der Waals surface area contributed by atoms with Gasteiger partial charge in [-0.05, 0) is 48.9 Å². The Hall–Kier alpha value is -4.15. The van der Waals surface area contributed by atoms with Gasteiger partial charge in [0, 0.05) is 23.8 Å².